The van der Waals surface area contributed by atoms with Gasteiger partial charge in [-0.2, -0.15) is 13.2 Å². The quantitative estimate of drug-likeness (QED) is 0.379. The molecule has 0 bridgehead atoms. The zero-order valence-corrected chi connectivity index (χ0v) is 18.6. The van der Waals surface area contributed by atoms with Crippen molar-refractivity contribution in [3.8, 4) is 0 Å². The number of rotatable bonds is 7. The van der Waals surface area contributed by atoms with E-state index >= 15 is 0 Å². The van der Waals surface area contributed by atoms with Crippen molar-refractivity contribution in [1.29, 1.82) is 0 Å². The largest absolute Gasteiger partial charge is 0.484 e. The number of H-pyrrole nitrogens is 1. The molecule has 0 saturated heterocycles. The fraction of sp³-hybridized carbons (Fsp3) is 0.286. The molecule has 184 valence electrons. The smallest absolute Gasteiger partial charge is 0.361 e. The molecule has 0 atom stereocenters. The maximum Gasteiger partial charge on any atom is 0.484 e. The average molecular weight is 491 g/mol. The molecule has 0 saturated carbocycles. The highest BCUT2D eigenvalue weighted by molar-refractivity contribution is 5.91. The van der Waals surface area contributed by atoms with Crippen molar-refractivity contribution < 1.29 is 22.5 Å². The Morgan fingerprint density at radius 3 is 2.54 bits per heavy atom. The van der Waals surface area contributed by atoms with Crippen LogP contribution in [-0.4, -0.2) is 43.0 Å². The number of imidazole rings is 1. The lowest BCUT2D eigenvalue weighted by atomic mass is 10.2. The van der Waals surface area contributed by atoms with E-state index in [1.807, 2.05) is 0 Å². The number of aromatic amines is 1. The Balaban J connectivity index is 1.53. The zero-order valence-electron chi connectivity index (χ0n) is 18.6. The highest BCUT2D eigenvalue weighted by atomic mass is 19.4. The third-order valence-electron chi connectivity index (χ3n) is 5.15. The summed E-state index contributed by atoms with van der Waals surface area (Å²) in [7, 11) is 0. The second-order valence-electron chi connectivity index (χ2n) is 7.63. The molecule has 11 nitrogen and oxygen atoms in total. The Morgan fingerprint density at radius 1 is 1.23 bits per heavy atom. The number of hydrogen-bond acceptors (Lipinski definition) is 7. The fourth-order valence-corrected chi connectivity index (χ4v) is 3.59. The second-order valence-corrected chi connectivity index (χ2v) is 7.63. The van der Waals surface area contributed by atoms with Gasteiger partial charge >= 0.3 is 12.0 Å². The molecule has 35 heavy (non-hydrogen) atoms. The van der Waals surface area contributed by atoms with Crippen molar-refractivity contribution >= 4 is 28.4 Å². The van der Waals surface area contributed by atoms with E-state index in [9.17, 15) is 27.6 Å². The summed E-state index contributed by atoms with van der Waals surface area (Å²) in [6.45, 7) is 2.32. The Morgan fingerprint density at radius 2 is 1.94 bits per heavy atom. The molecule has 0 aliphatic carbocycles. The third kappa shape index (κ3) is 4.95. The minimum absolute atomic E-state index is 0.000852. The lowest BCUT2D eigenvalue weighted by Crippen LogP contribution is -2.37. The number of aromatic nitrogens is 5. The number of amides is 1. The summed E-state index contributed by atoms with van der Waals surface area (Å²) in [5.41, 5.74) is -0.785. The Bertz CT molecular complexity index is 1480. The van der Waals surface area contributed by atoms with Crippen molar-refractivity contribution in [3.05, 3.63) is 69.0 Å². The number of benzene rings is 1. The van der Waals surface area contributed by atoms with Crippen molar-refractivity contribution in [2.45, 2.75) is 33.2 Å². The SMILES string of the molecule is CCN(c1ccc(NC(=O)Cn2cnc3[nH]c(=O)n(Cc4cc(C)on4)c(=O)c32)cc1)C(F)(F)F. The van der Waals surface area contributed by atoms with Crippen LogP contribution in [-0.2, 0) is 17.9 Å². The number of carbonyl (C=O) groups is 1. The van der Waals surface area contributed by atoms with E-state index in [0.717, 1.165) is 4.57 Å². The standard InChI is InChI=1S/C21H20F3N7O4/c1-3-31(21(22,23)24)15-6-4-13(5-7-15)26-16(32)10-29-11-25-18-17(29)19(33)30(20(34)27-18)9-14-8-12(2)35-28-14/h4-8,11H,3,9-10H2,1-2H3,(H,26,32)(H,27,34). The maximum atomic E-state index is 13.1. The number of aryl methyl sites for hydroxylation is 1. The number of nitrogens with zero attached hydrogens (tertiary/aromatic N) is 5. The summed E-state index contributed by atoms with van der Waals surface area (Å²) in [5.74, 6) is -0.0365. The summed E-state index contributed by atoms with van der Waals surface area (Å²) in [5, 5.41) is 6.34. The number of halogens is 3. The predicted molar refractivity (Wildman–Crippen MR) is 119 cm³/mol. The molecular weight excluding hydrogens is 471 g/mol. The lowest BCUT2D eigenvalue weighted by molar-refractivity contribution is -0.128. The topological polar surface area (TPSA) is 131 Å². The first kappa shape index (κ1) is 23.8. The molecule has 3 heterocycles. The van der Waals surface area contributed by atoms with Gasteiger partial charge in [-0.15, -0.1) is 0 Å². The van der Waals surface area contributed by atoms with Gasteiger partial charge in [0.05, 0.1) is 12.9 Å². The van der Waals surface area contributed by atoms with Gasteiger partial charge in [-0.1, -0.05) is 5.16 Å². The van der Waals surface area contributed by atoms with Gasteiger partial charge < -0.3 is 14.4 Å². The van der Waals surface area contributed by atoms with Gasteiger partial charge in [-0.3, -0.25) is 24.0 Å². The number of hydrogen-bond donors (Lipinski definition) is 2. The van der Waals surface area contributed by atoms with E-state index in [-0.39, 0.29) is 47.1 Å². The molecule has 4 rings (SSSR count). The number of carbonyl (C=O) groups excluding carboxylic acids is 1. The van der Waals surface area contributed by atoms with Crippen LogP contribution in [0.25, 0.3) is 11.2 Å². The van der Waals surface area contributed by atoms with Crippen LogP contribution in [0.15, 0.2) is 50.8 Å². The minimum Gasteiger partial charge on any atom is -0.361 e. The van der Waals surface area contributed by atoms with Gasteiger partial charge in [0.15, 0.2) is 11.2 Å². The number of alkyl halides is 3. The molecule has 3 aromatic heterocycles. The highest BCUT2D eigenvalue weighted by Gasteiger charge is 2.36. The van der Waals surface area contributed by atoms with Crippen LogP contribution in [0.2, 0.25) is 0 Å². The number of fused-ring (bicyclic) bond motifs is 1. The first-order valence-electron chi connectivity index (χ1n) is 10.4. The molecule has 4 aromatic rings. The van der Waals surface area contributed by atoms with Gasteiger partial charge in [0.2, 0.25) is 5.91 Å². The molecule has 0 aliphatic heterocycles. The molecule has 0 aliphatic rings. The molecular formula is C21H20F3N7O4. The number of nitrogens with one attached hydrogen (secondary N) is 2. The zero-order chi connectivity index (χ0) is 25.3. The van der Waals surface area contributed by atoms with Crippen molar-refractivity contribution in [3.63, 3.8) is 0 Å². The summed E-state index contributed by atoms with van der Waals surface area (Å²) in [4.78, 5) is 44.6. The molecule has 14 heteroatoms. The summed E-state index contributed by atoms with van der Waals surface area (Å²) >= 11 is 0. The van der Waals surface area contributed by atoms with Crippen LogP contribution in [0.4, 0.5) is 24.5 Å². The number of anilines is 2. The summed E-state index contributed by atoms with van der Waals surface area (Å²) < 4.78 is 46.3. The lowest BCUT2D eigenvalue weighted by Gasteiger charge is -2.25. The summed E-state index contributed by atoms with van der Waals surface area (Å²) in [6, 6.07) is 6.76. The van der Waals surface area contributed by atoms with Gasteiger partial charge in [-0.25, -0.2) is 9.78 Å². The first-order chi connectivity index (χ1) is 16.6. The van der Waals surface area contributed by atoms with Crippen LogP contribution in [0, 0.1) is 6.92 Å². The normalized spacial score (nSPS) is 11.7. The minimum atomic E-state index is -4.53. The van der Waals surface area contributed by atoms with E-state index in [4.69, 9.17) is 4.52 Å². The Kier molecular flexibility index (Phi) is 6.20. The van der Waals surface area contributed by atoms with E-state index in [0.29, 0.717) is 11.5 Å². The second kappa shape index (κ2) is 9.12. The Labute approximate surface area is 194 Å². The van der Waals surface area contributed by atoms with E-state index < -0.39 is 23.5 Å². The van der Waals surface area contributed by atoms with Gasteiger partial charge in [0.1, 0.15) is 18.0 Å². The van der Waals surface area contributed by atoms with Crippen molar-refractivity contribution in [2.24, 2.45) is 0 Å². The third-order valence-corrected chi connectivity index (χ3v) is 5.15. The van der Waals surface area contributed by atoms with Crippen LogP contribution < -0.4 is 21.5 Å². The van der Waals surface area contributed by atoms with Gasteiger partial charge in [-0.05, 0) is 38.1 Å². The molecule has 0 unspecified atom stereocenters. The average Bonchev–Trinajstić information content (AvgIpc) is 3.37. The molecule has 1 aromatic carbocycles. The van der Waals surface area contributed by atoms with E-state index in [2.05, 4.69) is 20.4 Å². The Hall–Kier alpha value is -4.36. The maximum absolute atomic E-state index is 13.1. The molecule has 1 amide bonds. The molecule has 0 radical (unpaired) electrons. The van der Waals surface area contributed by atoms with E-state index in [1.165, 1.54) is 42.1 Å². The predicted octanol–water partition coefficient (Wildman–Crippen LogP) is 2.22. The monoisotopic (exact) mass is 491 g/mol. The van der Waals surface area contributed by atoms with Crippen molar-refractivity contribution in [1.82, 2.24) is 24.3 Å². The van der Waals surface area contributed by atoms with Gasteiger partial charge in [0.25, 0.3) is 5.56 Å². The summed E-state index contributed by atoms with van der Waals surface area (Å²) in [6.07, 6.45) is -3.29. The van der Waals surface area contributed by atoms with Crippen LogP contribution in [0.1, 0.15) is 18.4 Å². The molecule has 0 spiro atoms. The fourth-order valence-electron chi connectivity index (χ4n) is 3.59. The highest BCUT2D eigenvalue weighted by Crippen LogP contribution is 2.28. The molecule has 0 fully saturated rings. The first-order valence-corrected chi connectivity index (χ1v) is 10.4. The van der Waals surface area contributed by atoms with Gasteiger partial charge in [0, 0.05) is 24.0 Å². The van der Waals surface area contributed by atoms with E-state index in [1.54, 1.807) is 13.0 Å². The van der Waals surface area contributed by atoms with Crippen molar-refractivity contribution in [2.75, 3.05) is 16.8 Å². The van der Waals surface area contributed by atoms with Crippen LogP contribution >= 0.6 is 0 Å². The van der Waals surface area contributed by atoms with Crippen LogP contribution in [0.3, 0.4) is 0 Å². The van der Waals surface area contributed by atoms with Crippen LogP contribution in [0.5, 0.6) is 0 Å². The molecule has 2 N–H and O–H groups in total.